The number of imidazole rings is 1. The summed E-state index contributed by atoms with van der Waals surface area (Å²) >= 11 is 0. The quantitative estimate of drug-likeness (QED) is 0.0190. The number of amides is 6. The molecule has 322 valence electrons. The lowest BCUT2D eigenvalue weighted by Gasteiger charge is -2.24. The van der Waals surface area contributed by atoms with Gasteiger partial charge >= 0.3 is 5.97 Å². The lowest BCUT2D eigenvalue weighted by molar-refractivity contribution is -0.142. The molecule has 6 amide bonds. The number of hydrogen-bond acceptors (Lipinski definition) is 13. The Kier molecular flexibility index (Phi) is 25.2. The number of nitrogens with two attached hydrogens (primary N) is 6. The molecule has 0 aliphatic heterocycles. The normalized spacial score (nSPS) is 13.5. The predicted molar refractivity (Wildman–Crippen MR) is 210 cm³/mol. The average Bonchev–Trinajstić information content (AvgIpc) is 3.69. The van der Waals surface area contributed by atoms with E-state index in [9.17, 15) is 38.7 Å². The first-order valence-corrected chi connectivity index (χ1v) is 19.1. The summed E-state index contributed by atoms with van der Waals surface area (Å²) in [5, 5.41) is 24.7. The van der Waals surface area contributed by atoms with Crippen LogP contribution in [0.4, 0.5) is 0 Å². The first-order valence-electron chi connectivity index (χ1n) is 19.1. The minimum Gasteiger partial charge on any atom is -0.480 e. The Hall–Kier alpha value is -5.39. The summed E-state index contributed by atoms with van der Waals surface area (Å²) in [7, 11) is 0. The molecular weight excluding hydrogens is 746 g/mol. The molecule has 1 aromatic heterocycles. The number of carboxylic acid groups (broad SMARTS) is 1. The molecule has 0 unspecified atom stereocenters. The summed E-state index contributed by atoms with van der Waals surface area (Å²) in [4.78, 5) is 101. The van der Waals surface area contributed by atoms with Crippen molar-refractivity contribution in [3.63, 3.8) is 0 Å². The number of hydrogen-bond donors (Lipinski definition) is 14. The van der Waals surface area contributed by atoms with Crippen LogP contribution >= 0.6 is 0 Å². The molecule has 5 atom stereocenters. The van der Waals surface area contributed by atoms with Crippen molar-refractivity contribution in [3.8, 4) is 0 Å². The van der Waals surface area contributed by atoms with Crippen LogP contribution in [-0.4, -0.2) is 132 Å². The van der Waals surface area contributed by atoms with Crippen molar-refractivity contribution >= 4 is 47.4 Å². The predicted octanol–water partition coefficient (Wildman–Crippen LogP) is -5.02. The Morgan fingerprint density at radius 3 is 1.67 bits per heavy atom. The largest absolute Gasteiger partial charge is 0.480 e. The molecule has 0 saturated carbocycles. The Bertz CT molecular complexity index is 1430. The minimum absolute atomic E-state index is 0.0577. The maximum absolute atomic E-state index is 13.6. The molecule has 0 bridgehead atoms. The van der Waals surface area contributed by atoms with E-state index in [-0.39, 0.29) is 44.6 Å². The molecule has 0 spiro atoms. The van der Waals surface area contributed by atoms with Crippen LogP contribution < -0.4 is 66.3 Å². The van der Waals surface area contributed by atoms with Crippen molar-refractivity contribution in [1.82, 2.24) is 41.9 Å². The van der Waals surface area contributed by atoms with Gasteiger partial charge in [-0.3, -0.25) is 33.8 Å². The maximum atomic E-state index is 13.6. The molecule has 0 radical (unpaired) electrons. The van der Waals surface area contributed by atoms with Gasteiger partial charge in [-0.05, 0) is 83.8 Å². The number of aromatic nitrogens is 2. The molecule has 23 heteroatoms. The number of carboxylic acids is 1. The summed E-state index contributed by atoms with van der Waals surface area (Å²) in [5.41, 5.74) is 33.7. The molecule has 1 aromatic rings. The molecule has 0 saturated heterocycles. The number of rotatable bonds is 31. The van der Waals surface area contributed by atoms with Crippen LogP contribution in [0.1, 0.15) is 76.3 Å². The second-order valence-electron chi connectivity index (χ2n) is 13.3. The first-order chi connectivity index (χ1) is 27.2. The fourth-order valence-electron chi connectivity index (χ4n) is 5.37. The van der Waals surface area contributed by atoms with Gasteiger partial charge in [0.1, 0.15) is 24.2 Å². The number of guanidine groups is 1. The molecular formula is C34H63N15O8. The van der Waals surface area contributed by atoms with Gasteiger partial charge in [0.2, 0.25) is 35.4 Å². The molecule has 20 N–H and O–H groups in total. The van der Waals surface area contributed by atoms with Crippen LogP contribution in [-0.2, 0) is 40.0 Å². The molecule has 57 heavy (non-hydrogen) atoms. The summed E-state index contributed by atoms with van der Waals surface area (Å²) in [6.45, 7) is 0.192. The summed E-state index contributed by atoms with van der Waals surface area (Å²) in [6, 6.07) is -5.68. The van der Waals surface area contributed by atoms with Gasteiger partial charge < -0.3 is 76.4 Å². The van der Waals surface area contributed by atoms with Crippen LogP contribution in [0.5, 0.6) is 0 Å². The Balaban J connectivity index is 3.02. The fraction of sp³-hybridized carbons (Fsp3) is 0.676. The van der Waals surface area contributed by atoms with Crippen molar-refractivity contribution in [2.75, 3.05) is 39.3 Å². The molecule has 1 rings (SSSR count). The van der Waals surface area contributed by atoms with Crippen molar-refractivity contribution in [3.05, 3.63) is 18.2 Å². The number of aliphatic carboxylic acids is 1. The minimum atomic E-state index is -1.26. The summed E-state index contributed by atoms with van der Waals surface area (Å²) < 4.78 is 0. The Morgan fingerprint density at radius 2 is 1.14 bits per heavy atom. The SMILES string of the molecule is NCCCC[C@H](NC(=O)[C@H](Cc1cnc[nH]1)NC(=O)[C@H](CCCCN)NC(=O)CNC(=O)[C@H](CCCN=C(N)N)NC(=O)CNC(=O)[C@@H](N)CCCCN)C(=O)O. The fourth-order valence-corrected chi connectivity index (χ4v) is 5.37. The van der Waals surface area contributed by atoms with Crippen LogP contribution in [0.25, 0.3) is 0 Å². The van der Waals surface area contributed by atoms with Gasteiger partial charge in [0.25, 0.3) is 0 Å². The van der Waals surface area contributed by atoms with Crippen LogP contribution in [0, 0.1) is 0 Å². The highest BCUT2D eigenvalue weighted by molar-refractivity contribution is 5.95. The highest BCUT2D eigenvalue weighted by atomic mass is 16.4. The summed E-state index contributed by atoms with van der Waals surface area (Å²) in [5.74, 6) is -5.68. The van der Waals surface area contributed by atoms with Crippen LogP contribution in [0.15, 0.2) is 17.5 Å². The Labute approximate surface area is 331 Å². The van der Waals surface area contributed by atoms with Gasteiger partial charge in [-0.25, -0.2) is 9.78 Å². The van der Waals surface area contributed by atoms with E-state index in [0.29, 0.717) is 70.3 Å². The van der Waals surface area contributed by atoms with E-state index in [1.165, 1.54) is 12.5 Å². The van der Waals surface area contributed by atoms with E-state index in [0.717, 1.165) is 0 Å². The smallest absolute Gasteiger partial charge is 0.326 e. The van der Waals surface area contributed by atoms with Gasteiger partial charge in [0.15, 0.2) is 5.96 Å². The third-order valence-corrected chi connectivity index (χ3v) is 8.52. The van der Waals surface area contributed by atoms with E-state index in [1.807, 2.05) is 0 Å². The third-order valence-electron chi connectivity index (χ3n) is 8.52. The van der Waals surface area contributed by atoms with Gasteiger partial charge in [0, 0.05) is 24.9 Å². The highest BCUT2D eigenvalue weighted by Gasteiger charge is 2.30. The lowest BCUT2D eigenvalue weighted by Crippen LogP contribution is -2.57. The monoisotopic (exact) mass is 809 g/mol. The number of nitrogens with zero attached hydrogens (tertiary/aromatic N) is 2. The van der Waals surface area contributed by atoms with Crippen molar-refractivity contribution in [2.45, 2.75) is 107 Å². The van der Waals surface area contributed by atoms with Crippen molar-refractivity contribution in [1.29, 1.82) is 0 Å². The Morgan fingerprint density at radius 1 is 0.649 bits per heavy atom. The zero-order valence-corrected chi connectivity index (χ0v) is 32.4. The number of nitrogens with one attached hydrogen (secondary N) is 7. The van der Waals surface area contributed by atoms with Crippen LogP contribution in [0.2, 0.25) is 0 Å². The van der Waals surface area contributed by atoms with Gasteiger partial charge in [-0.15, -0.1) is 0 Å². The number of aromatic amines is 1. The zero-order valence-electron chi connectivity index (χ0n) is 32.4. The molecule has 0 aliphatic rings. The standard InChI is InChI=1S/C34H63N15O8/c35-12-4-1-8-22(38)29(52)43-18-27(50)46-23(11-7-15-42-34(39)40)30(53)44-19-28(51)47-24(9-2-5-13-36)31(54)49-26(16-21-17-41-20-45-21)32(55)48-25(33(56)57)10-3-6-14-37/h17,20,22-26H,1-16,18-19,35-38H2,(H,41,45)(H,43,52)(H,44,53)(H,46,50)(H,47,51)(H,48,55)(H,49,54)(H,56,57)(H4,39,40,42)/t22-,23-,24-,25-,26-/m0/s1. The second kappa shape index (κ2) is 28.9. The highest BCUT2D eigenvalue weighted by Crippen LogP contribution is 2.07. The average molecular weight is 810 g/mol. The van der Waals surface area contributed by atoms with E-state index in [1.54, 1.807) is 0 Å². The first kappa shape index (κ1) is 49.6. The van der Waals surface area contributed by atoms with Gasteiger partial charge in [-0.1, -0.05) is 6.42 Å². The number of carbonyl (C=O) groups is 7. The molecule has 23 nitrogen and oxygen atoms in total. The van der Waals surface area contributed by atoms with Crippen molar-refractivity contribution in [2.24, 2.45) is 39.4 Å². The van der Waals surface area contributed by atoms with Crippen LogP contribution in [0.3, 0.4) is 0 Å². The van der Waals surface area contributed by atoms with Gasteiger partial charge in [0.05, 0.1) is 25.5 Å². The van der Waals surface area contributed by atoms with E-state index in [4.69, 9.17) is 34.4 Å². The maximum Gasteiger partial charge on any atom is 0.326 e. The molecule has 0 aliphatic carbocycles. The van der Waals surface area contributed by atoms with Gasteiger partial charge in [-0.2, -0.15) is 0 Å². The third kappa shape index (κ3) is 22.1. The van der Waals surface area contributed by atoms with E-state index >= 15 is 0 Å². The molecule has 0 fully saturated rings. The topological polar surface area (TPSA) is 409 Å². The second-order valence-corrected chi connectivity index (χ2v) is 13.3. The van der Waals surface area contributed by atoms with E-state index < -0.39 is 84.7 Å². The molecule has 0 aromatic carbocycles. The number of aliphatic imine (C=N–C) groups is 1. The number of carbonyl (C=O) groups excluding carboxylic acids is 6. The summed E-state index contributed by atoms with van der Waals surface area (Å²) in [6.07, 6.45) is 6.94. The van der Waals surface area contributed by atoms with Crippen molar-refractivity contribution < 1.29 is 38.7 Å². The number of unbranched alkanes of at least 4 members (excludes halogenated alkanes) is 3. The molecule has 1 heterocycles. The van der Waals surface area contributed by atoms with E-state index in [2.05, 4.69) is 46.9 Å². The zero-order chi connectivity index (χ0) is 42.6. The lowest BCUT2D eigenvalue weighted by atomic mass is 10.0. The number of H-pyrrole nitrogens is 1.